The van der Waals surface area contributed by atoms with Crippen LogP contribution in [0.25, 0.3) is 0 Å². The lowest BCUT2D eigenvalue weighted by Crippen LogP contribution is -2.50. The topological polar surface area (TPSA) is 75.5 Å². The van der Waals surface area contributed by atoms with Gasteiger partial charge in [0.05, 0.1) is 10.5 Å². The molecule has 0 atom stereocenters. The van der Waals surface area contributed by atoms with Gasteiger partial charge in [0.2, 0.25) is 5.91 Å². The van der Waals surface area contributed by atoms with Crippen LogP contribution in [0.15, 0.2) is 28.7 Å². The van der Waals surface area contributed by atoms with E-state index in [1.807, 2.05) is 13.2 Å². The first kappa shape index (κ1) is 18.4. The SMILES string of the molecule is Cn1cc(CCC(=O)N2CCN(S(=O)(=O)c3ccc(Cl)s3)CC2)cn1. The average molecular weight is 403 g/mol. The molecule has 25 heavy (non-hydrogen) atoms. The van der Waals surface area contributed by atoms with Crippen LogP contribution in [0.4, 0.5) is 0 Å². The first-order valence-electron chi connectivity index (χ1n) is 7.87. The summed E-state index contributed by atoms with van der Waals surface area (Å²) in [4.78, 5) is 14.0. The molecule has 0 radical (unpaired) electrons. The van der Waals surface area contributed by atoms with Gasteiger partial charge >= 0.3 is 0 Å². The van der Waals surface area contributed by atoms with Crippen molar-refractivity contribution >= 4 is 38.9 Å². The number of amides is 1. The summed E-state index contributed by atoms with van der Waals surface area (Å²) in [7, 11) is -1.69. The number of carbonyl (C=O) groups excluding carboxylic acids is 1. The molecule has 136 valence electrons. The van der Waals surface area contributed by atoms with Gasteiger partial charge in [-0.3, -0.25) is 9.48 Å². The summed E-state index contributed by atoms with van der Waals surface area (Å²) in [6, 6.07) is 3.10. The molecule has 2 aromatic heterocycles. The summed E-state index contributed by atoms with van der Waals surface area (Å²) < 4.78 is 28.9. The molecule has 1 amide bonds. The van der Waals surface area contributed by atoms with Crippen LogP contribution in [0, 0.1) is 0 Å². The number of thiophene rings is 1. The van der Waals surface area contributed by atoms with E-state index in [1.54, 1.807) is 21.8 Å². The minimum atomic E-state index is -3.52. The largest absolute Gasteiger partial charge is 0.340 e. The van der Waals surface area contributed by atoms with E-state index in [0.29, 0.717) is 43.4 Å². The van der Waals surface area contributed by atoms with Gasteiger partial charge < -0.3 is 4.90 Å². The van der Waals surface area contributed by atoms with E-state index < -0.39 is 10.0 Å². The number of sulfonamides is 1. The van der Waals surface area contributed by atoms with E-state index in [0.717, 1.165) is 16.9 Å². The Balaban J connectivity index is 1.53. The smallest absolute Gasteiger partial charge is 0.252 e. The Hall–Kier alpha value is -1.42. The summed E-state index contributed by atoms with van der Waals surface area (Å²) in [5, 5.41) is 4.08. The maximum atomic E-state index is 12.6. The average Bonchev–Trinajstić information content (AvgIpc) is 3.21. The van der Waals surface area contributed by atoms with Gasteiger partial charge in [-0.25, -0.2) is 8.42 Å². The first-order valence-corrected chi connectivity index (χ1v) is 10.5. The summed E-state index contributed by atoms with van der Waals surface area (Å²) in [5.41, 5.74) is 1.02. The van der Waals surface area contributed by atoms with Crippen LogP contribution in [0.2, 0.25) is 4.34 Å². The number of piperazine rings is 1. The fraction of sp³-hybridized carbons (Fsp3) is 0.467. The highest BCUT2D eigenvalue weighted by Gasteiger charge is 2.30. The number of halogens is 1. The summed E-state index contributed by atoms with van der Waals surface area (Å²) in [6.45, 7) is 1.42. The zero-order chi connectivity index (χ0) is 18.0. The third-order valence-electron chi connectivity index (χ3n) is 4.12. The zero-order valence-corrected chi connectivity index (χ0v) is 16.1. The van der Waals surface area contributed by atoms with E-state index in [1.165, 1.54) is 10.4 Å². The molecule has 0 N–H and O–H groups in total. The molecule has 0 aliphatic carbocycles. The van der Waals surface area contributed by atoms with Crippen molar-refractivity contribution in [1.82, 2.24) is 19.0 Å². The third-order valence-corrected chi connectivity index (χ3v) is 7.72. The number of aromatic nitrogens is 2. The maximum Gasteiger partial charge on any atom is 0.252 e. The molecule has 10 heteroatoms. The van der Waals surface area contributed by atoms with E-state index in [9.17, 15) is 13.2 Å². The van der Waals surface area contributed by atoms with Crippen LogP contribution in [0.3, 0.4) is 0 Å². The standard InChI is InChI=1S/C15H19ClN4O3S2/c1-18-11-12(10-17-18)2-4-14(21)19-6-8-20(9-7-19)25(22,23)15-5-3-13(16)24-15/h3,5,10-11H,2,4,6-9H2,1H3. The van der Waals surface area contributed by atoms with Crippen molar-refractivity contribution in [3.8, 4) is 0 Å². The van der Waals surface area contributed by atoms with Gasteiger partial charge in [-0.05, 0) is 24.1 Å². The highest BCUT2D eigenvalue weighted by Crippen LogP contribution is 2.28. The molecule has 1 saturated heterocycles. The number of nitrogens with zero attached hydrogens (tertiary/aromatic N) is 4. The predicted molar refractivity (Wildman–Crippen MR) is 96.2 cm³/mol. The Kier molecular flexibility index (Phi) is 5.47. The van der Waals surface area contributed by atoms with Crippen molar-refractivity contribution in [3.05, 3.63) is 34.4 Å². The van der Waals surface area contributed by atoms with Gasteiger partial charge in [0.15, 0.2) is 0 Å². The first-order chi connectivity index (χ1) is 11.9. The van der Waals surface area contributed by atoms with Crippen molar-refractivity contribution in [2.75, 3.05) is 26.2 Å². The molecular formula is C15H19ClN4O3S2. The Bertz CT molecular complexity index is 854. The van der Waals surface area contributed by atoms with Crippen molar-refractivity contribution in [1.29, 1.82) is 0 Å². The lowest BCUT2D eigenvalue weighted by atomic mass is 10.2. The van der Waals surface area contributed by atoms with Crippen LogP contribution in [-0.2, 0) is 28.3 Å². The maximum absolute atomic E-state index is 12.6. The Morgan fingerprint density at radius 2 is 2.00 bits per heavy atom. The second kappa shape index (κ2) is 7.45. The number of rotatable bonds is 5. The predicted octanol–water partition coefficient (Wildman–Crippen LogP) is 1.60. The zero-order valence-electron chi connectivity index (χ0n) is 13.8. The molecule has 2 aromatic rings. The molecule has 0 bridgehead atoms. The molecule has 0 spiro atoms. The van der Waals surface area contributed by atoms with Crippen LogP contribution in [0.5, 0.6) is 0 Å². The Labute approximate surface area is 155 Å². The molecule has 0 saturated carbocycles. The van der Waals surface area contributed by atoms with Gasteiger partial charge in [-0.1, -0.05) is 11.6 Å². The second-order valence-electron chi connectivity index (χ2n) is 5.87. The summed E-state index contributed by atoms with van der Waals surface area (Å²) in [5.74, 6) is 0.0417. The number of hydrogen-bond donors (Lipinski definition) is 0. The molecule has 3 heterocycles. The number of aryl methyl sites for hydroxylation is 2. The van der Waals surface area contributed by atoms with E-state index in [4.69, 9.17) is 11.6 Å². The highest BCUT2D eigenvalue weighted by molar-refractivity contribution is 7.91. The van der Waals surface area contributed by atoms with Crippen molar-refractivity contribution in [2.45, 2.75) is 17.1 Å². The van der Waals surface area contributed by atoms with Crippen molar-refractivity contribution in [2.24, 2.45) is 7.05 Å². The Morgan fingerprint density at radius 1 is 1.28 bits per heavy atom. The lowest BCUT2D eigenvalue weighted by molar-refractivity contribution is -0.132. The quantitative estimate of drug-likeness (QED) is 0.761. The van der Waals surface area contributed by atoms with Gasteiger partial charge in [0.1, 0.15) is 4.21 Å². The van der Waals surface area contributed by atoms with Crippen LogP contribution < -0.4 is 0 Å². The molecule has 7 nitrogen and oxygen atoms in total. The monoisotopic (exact) mass is 402 g/mol. The minimum Gasteiger partial charge on any atom is -0.340 e. The third kappa shape index (κ3) is 4.22. The second-order valence-corrected chi connectivity index (χ2v) is 9.75. The minimum absolute atomic E-state index is 0.0417. The lowest BCUT2D eigenvalue weighted by Gasteiger charge is -2.33. The molecule has 1 fully saturated rings. The highest BCUT2D eigenvalue weighted by atomic mass is 35.5. The Morgan fingerprint density at radius 3 is 2.56 bits per heavy atom. The molecular weight excluding hydrogens is 384 g/mol. The molecule has 3 rings (SSSR count). The van der Waals surface area contributed by atoms with Gasteiger partial charge in [0.25, 0.3) is 10.0 Å². The van der Waals surface area contributed by atoms with Gasteiger partial charge in [-0.15, -0.1) is 11.3 Å². The fourth-order valence-corrected chi connectivity index (χ4v) is 5.81. The normalized spacial score (nSPS) is 16.3. The molecule has 0 aromatic carbocycles. The summed E-state index contributed by atoms with van der Waals surface area (Å²) in [6.07, 6.45) is 4.69. The van der Waals surface area contributed by atoms with E-state index in [2.05, 4.69) is 5.10 Å². The van der Waals surface area contributed by atoms with E-state index >= 15 is 0 Å². The van der Waals surface area contributed by atoms with Crippen LogP contribution in [-0.4, -0.2) is 59.5 Å². The van der Waals surface area contributed by atoms with Gasteiger partial charge in [-0.2, -0.15) is 9.40 Å². The van der Waals surface area contributed by atoms with E-state index in [-0.39, 0.29) is 10.1 Å². The van der Waals surface area contributed by atoms with Crippen molar-refractivity contribution in [3.63, 3.8) is 0 Å². The molecule has 1 aliphatic rings. The molecule has 1 aliphatic heterocycles. The van der Waals surface area contributed by atoms with Crippen molar-refractivity contribution < 1.29 is 13.2 Å². The molecule has 0 unspecified atom stereocenters. The number of carbonyl (C=O) groups is 1. The number of hydrogen-bond acceptors (Lipinski definition) is 5. The fourth-order valence-electron chi connectivity index (χ4n) is 2.75. The van der Waals surface area contributed by atoms with Crippen LogP contribution >= 0.6 is 22.9 Å². The summed E-state index contributed by atoms with van der Waals surface area (Å²) >= 11 is 6.88. The van der Waals surface area contributed by atoms with Gasteiger partial charge in [0, 0.05) is 45.8 Å². The van der Waals surface area contributed by atoms with Crippen LogP contribution in [0.1, 0.15) is 12.0 Å².